The van der Waals surface area contributed by atoms with E-state index in [1.807, 2.05) is 6.07 Å². The molecule has 2 nitrogen and oxygen atoms in total. The summed E-state index contributed by atoms with van der Waals surface area (Å²) in [4.78, 5) is 10.5. The molecule has 0 radical (unpaired) electrons. The normalized spacial score (nSPS) is 11.2. The molecule has 0 saturated carbocycles. The quantitative estimate of drug-likeness (QED) is 0.154. The molecule has 262 valence electrons. The van der Waals surface area contributed by atoms with Gasteiger partial charge in [0.25, 0.3) is 0 Å². The zero-order valence-corrected chi connectivity index (χ0v) is 30.7. The first kappa shape index (κ1) is 33.2. The van der Waals surface area contributed by atoms with E-state index < -0.39 is 0 Å². The van der Waals surface area contributed by atoms with Crippen LogP contribution in [0.4, 0.5) is 0 Å². The Balaban J connectivity index is 0.971. The summed E-state index contributed by atoms with van der Waals surface area (Å²) >= 11 is 0. The lowest BCUT2D eigenvalue weighted by atomic mass is 9.95. The Hall–Kier alpha value is -7.42. The van der Waals surface area contributed by atoms with Crippen LogP contribution in [0.5, 0.6) is 0 Å². The molecule has 0 N–H and O–H groups in total. The molecule has 10 aromatic rings. The van der Waals surface area contributed by atoms with Crippen LogP contribution in [0.2, 0.25) is 0 Å². The molecule has 0 spiro atoms. The van der Waals surface area contributed by atoms with Gasteiger partial charge in [0.2, 0.25) is 0 Å². The van der Waals surface area contributed by atoms with Gasteiger partial charge in [0.15, 0.2) is 5.82 Å². The highest BCUT2D eigenvalue weighted by Gasteiger charge is 2.15. The summed E-state index contributed by atoms with van der Waals surface area (Å²) < 4.78 is 0. The van der Waals surface area contributed by atoms with E-state index >= 15 is 0 Å². The highest BCUT2D eigenvalue weighted by atomic mass is 14.9. The van der Waals surface area contributed by atoms with Crippen molar-refractivity contribution >= 4 is 21.7 Å². The van der Waals surface area contributed by atoms with Crippen molar-refractivity contribution in [3.05, 3.63) is 218 Å². The summed E-state index contributed by atoms with van der Waals surface area (Å²) in [5.41, 5.74) is 15.8. The lowest BCUT2D eigenvalue weighted by Crippen LogP contribution is -1.96. The van der Waals surface area contributed by atoms with Gasteiger partial charge in [-0.3, -0.25) is 0 Å². The Bertz CT molecular complexity index is 2990. The summed E-state index contributed by atoms with van der Waals surface area (Å²) in [6.45, 7) is 0. The van der Waals surface area contributed by atoms with E-state index in [1.54, 1.807) is 0 Å². The van der Waals surface area contributed by atoms with E-state index in [0.29, 0.717) is 5.82 Å². The van der Waals surface area contributed by atoms with E-state index in [-0.39, 0.29) is 0 Å². The molecule has 0 fully saturated rings. The standard InChI is InChI=1S/C54H36N2/c1-3-12-37(13-4-1)44-17-9-20-47(34-44)48-21-10-18-45(35-48)41-26-24-39(25-27-41)40-28-30-43(31-29-40)52-51-33-32-42-16-7-8-23-50(42)53(51)56-54(55-52)49-22-11-19-46(36-49)38-14-5-2-6-15-38/h1-36H. The third-order valence-corrected chi connectivity index (χ3v) is 10.7. The van der Waals surface area contributed by atoms with Gasteiger partial charge in [-0.05, 0) is 85.3 Å². The van der Waals surface area contributed by atoms with Crippen LogP contribution < -0.4 is 0 Å². The van der Waals surface area contributed by atoms with Gasteiger partial charge in [0, 0.05) is 21.9 Å². The first-order valence-electron chi connectivity index (χ1n) is 19.1. The van der Waals surface area contributed by atoms with Gasteiger partial charge in [-0.25, -0.2) is 9.97 Å². The first-order valence-corrected chi connectivity index (χ1v) is 19.1. The molecule has 0 amide bonds. The zero-order valence-electron chi connectivity index (χ0n) is 30.7. The Kier molecular flexibility index (Phi) is 8.55. The minimum atomic E-state index is 0.717. The maximum atomic E-state index is 5.27. The second kappa shape index (κ2) is 14.4. The maximum absolute atomic E-state index is 5.27. The Morgan fingerprint density at radius 3 is 1.18 bits per heavy atom. The second-order valence-electron chi connectivity index (χ2n) is 14.2. The zero-order chi connectivity index (χ0) is 37.3. The average molecular weight is 713 g/mol. The fraction of sp³-hybridized carbons (Fsp3) is 0. The molecule has 2 heteroatoms. The van der Waals surface area contributed by atoms with Crippen molar-refractivity contribution in [2.75, 3.05) is 0 Å². The van der Waals surface area contributed by atoms with E-state index in [0.717, 1.165) is 49.6 Å². The Morgan fingerprint density at radius 2 is 0.625 bits per heavy atom. The van der Waals surface area contributed by atoms with Gasteiger partial charge in [-0.1, -0.05) is 194 Å². The second-order valence-corrected chi connectivity index (χ2v) is 14.2. The minimum absolute atomic E-state index is 0.717. The number of nitrogens with zero attached hydrogens (tertiary/aromatic N) is 2. The summed E-state index contributed by atoms with van der Waals surface area (Å²) in [6.07, 6.45) is 0. The van der Waals surface area contributed by atoms with E-state index in [1.165, 1.54) is 44.5 Å². The van der Waals surface area contributed by atoms with Gasteiger partial charge < -0.3 is 0 Å². The topological polar surface area (TPSA) is 25.8 Å². The fourth-order valence-electron chi connectivity index (χ4n) is 7.74. The van der Waals surface area contributed by atoms with Crippen LogP contribution in [0, 0.1) is 0 Å². The van der Waals surface area contributed by atoms with Gasteiger partial charge >= 0.3 is 0 Å². The molecular weight excluding hydrogens is 677 g/mol. The van der Waals surface area contributed by atoms with Gasteiger partial charge in [-0.2, -0.15) is 0 Å². The van der Waals surface area contributed by atoms with Crippen LogP contribution in [-0.2, 0) is 0 Å². The van der Waals surface area contributed by atoms with Crippen LogP contribution in [0.25, 0.3) is 100.0 Å². The lowest BCUT2D eigenvalue weighted by molar-refractivity contribution is 1.23. The van der Waals surface area contributed by atoms with Crippen molar-refractivity contribution in [1.82, 2.24) is 9.97 Å². The smallest absolute Gasteiger partial charge is 0.160 e. The largest absolute Gasteiger partial charge is 0.227 e. The number of hydrogen-bond acceptors (Lipinski definition) is 2. The minimum Gasteiger partial charge on any atom is -0.227 e. The van der Waals surface area contributed by atoms with Gasteiger partial charge in [-0.15, -0.1) is 0 Å². The molecule has 1 heterocycles. The third kappa shape index (κ3) is 6.44. The van der Waals surface area contributed by atoms with Crippen molar-refractivity contribution in [2.45, 2.75) is 0 Å². The van der Waals surface area contributed by atoms with E-state index in [2.05, 4.69) is 212 Å². The number of aromatic nitrogens is 2. The molecule has 56 heavy (non-hydrogen) atoms. The van der Waals surface area contributed by atoms with Crippen molar-refractivity contribution in [3.63, 3.8) is 0 Å². The summed E-state index contributed by atoms with van der Waals surface area (Å²) in [5, 5.41) is 3.33. The highest BCUT2D eigenvalue weighted by molar-refractivity contribution is 6.09. The summed E-state index contributed by atoms with van der Waals surface area (Å²) in [7, 11) is 0. The summed E-state index contributed by atoms with van der Waals surface area (Å²) in [6, 6.07) is 77.6. The molecule has 0 unspecified atom stereocenters. The number of hydrogen-bond donors (Lipinski definition) is 0. The molecule has 0 aliphatic rings. The molecule has 0 aliphatic heterocycles. The van der Waals surface area contributed by atoms with Crippen molar-refractivity contribution < 1.29 is 0 Å². The maximum Gasteiger partial charge on any atom is 0.160 e. The molecule has 0 bridgehead atoms. The van der Waals surface area contributed by atoms with Crippen LogP contribution >= 0.6 is 0 Å². The number of fused-ring (bicyclic) bond motifs is 3. The molecule has 10 rings (SSSR count). The van der Waals surface area contributed by atoms with Gasteiger partial charge in [0.05, 0.1) is 11.2 Å². The van der Waals surface area contributed by atoms with Crippen molar-refractivity contribution in [2.24, 2.45) is 0 Å². The molecule has 0 aliphatic carbocycles. The summed E-state index contributed by atoms with van der Waals surface area (Å²) in [5.74, 6) is 0.717. The van der Waals surface area contributed by atoms with E-state index in [4.69, 9.17) is 9.97 Å². The predicted octanol–water partition coefficient (Wildman–Crippen LogP) is 14.5. The molecule has 0 atom stereocenters. The predicted molar refractivity (Wildman–Crippen MR) is 235 cm³/mol. The van der Waals surface area contributed by atoms with Crippen molar-refractivity contribution in [3.8, 4) is 78.3 Å². The monoisotopic (exact) mass is 712 g/mol. The van der Waals surface area contributed by atoms with Crippen LogP contribution in [0.3, 0.4) is 0 Å². The molecular formula is C54H36N2. The molecule has 1 aromatic heterocycles. The number of benzene rings is 9. The molecule has 0 saturated heterocycles. The third-order valence-electron chi connectivity index (χ3n) is 10.7. The Morgan fingerprint density at radius 1 is 0.232 bits per heavy atom. The van der Waals surface area contributed by atoms with E-state index in [9.17, 15) is 0 Å². The van der Waals surface area contributed by atoms with Crippen LogP contribution in [-0.4, -0.2) is 9.97 Å². The Labute approximate surface area is 327 Å². The average Bonchev–Trinajstić information content (AvgIpc) is 3.29. The first-order chi connectivity index (χ1) is 27.7. The molecule has 9 aromatic carbocycles. The number of rotatable bonds is 7. The highest BCUT2D eigenvalue weighted by Crippen LogP contribution is 2.36. The lowest BCUT2D eigenvalue weighted by Gasteiger charge is -2.13. The van der Waals surface area contributed by atoms with Gasteiger partial charge in [0.1, 0.15) is 0 Å². The van der Waals surface area contributed by atoms with Crippen LogP contribution in [0.1, 0.15) is 0 Å². The fourth-order valence-corrected chi connectivity index (χ4v) is 7.74. The van der Waals surface area contributed by atoms with Crippen LogP contribution in [0.15, 0.2) is 218 Å². The SMILES string of the molecule is c1ccc(-c2cccc(-c3cccc(-c4ccc(-c5ccc(-c6nc(-c7cccc(-c8ccccc8)c7)nc7c6ccc6ccccc67)cc5)cc4)c3)c2)cc1. The van der Waals surface area contributed by atoms with Crippen molar-refractivity contribution in [1.29, 1.82) is 0 Å².